The van der Waals surface area contributed by atoms with Crippen LogP contribution in [0, 0.1) is 0 Å². The van der Waals surface area contributed by atoms with Gasteiger partial charge >= 0.3 is 5.97 Å². The van der Waals surface area contributed by atoms with Gasteiger partial charge in [0, 0.05) is 20.0 Å². The van der Waals surface area contributed by atoms with Crippen molar-refractivity contribution >= 4 is 17.8 Å². The highest BCUT2D eigenvalue weighted by Gasteiger charge is 2.06. The van der Waals surface area contributed by atoms with E-state index in [0.717, 1.165) is 0 Å². The number of methoxy groups -OCH3 is 1. The van der Waals surface area contributed by atoms with Gasteiger partial charge in [0.15, 0.2) is 6.61 Å². The van der Waals surface area contributed by atoms with Crippen molar-refractivity contribution < 1.29 is 23.9 Å². The lowest BCUT2D eigenvalue weighted by Gasteiger charge is -2.08. The number of rotatable bonds is 7. The number of hydrogen-bond donors (Lipinski definition) is 2. The highest BCUT2D eigenvalue weighted by Crippen LogP contribution is 2.12. The Bertz CT molecular complexity index is 499. The van der Waals surface area contributed by atoms with E-state index in [1.54, 1.807) is 24.3 Å². The quantitative estimate of drug-likeness (QED) is 0.549. The Balaban J connectivity index is 2.29. The molecule has 7 nitrogen and oxygen atoms in total. The fraction of sp³-hybridized carbons (Fsp3) is 0.357. The molecule has 0 aromatic heterocycles. The summed E-state index contributed by atoms with van der Waals surface area (Å²) >= 11 is 0. The third-order valence-corrected chi connectivity index (χ3v) is 2.47. The van der Waals surface area contributed by atoms with Crippen LogP contribution in [0.4, 0.5) is 0 Å². The van der Waals surface area contributed by atoms with Crippen LogP contribution in [0.15, 0.2) is 24.3 Å². The summed E-state index contributed by atoms with van der Waals surface area (Å²) in [6.45, 7) is 1.97. The van der Waals surface area contributed by atoms with Crippen LogP contribution in [0.3, 0.4) is 0 Å². The Morgan fingerprint density at radius 2 is 1.67 bits per heavy atom. The number of benzene rings is 1. The number of carbonyl (C=O) groups is 3. The number of nitrogens with one attached hydrogen (secondary N) is 2. The van der Waals surface area contributed by atoms with E-state index >= 15 is 0 Å². The van der Waals surface area contributed by atoms with Gasteiger partial charge in [0.1, 0.15) is 5.75 Å². The predicted octanol–water partition coefficient (Wildman–Crippen LogP) is 0.104. The summed E-state index contributed by atoms with van der Waals surface area (Å²) in [6.07, 6.45) is 0. The highest BCUT2D eigenvalue weighted by molar-refractivity contribution is 5.89. The second-order valence-corrected chi connectivity index (χ2v) is 4.14. The van der Waals surface area contributed by atoms with E-state index in [9.17, 15) is 14.4 Å². The SMILES string of the molecule is COC(=O)c1ccc(OCC(=O)NCCNC(C)=O)cc1. The first-order valence-corrected chi connectivity index (χ1v) is 6.35. The normalized spacial score (nSPS) is 9.62. The molecule has 0 atom stereocenters. The number of hydrogen-bond acceptors (Lipinski definition) is 5. The Hall–Kier alpha value is -2.57. The third-order valence-electron chi connectivity index (χ3n) is 2.47. The highest BCUT2D eigenvalue weighted by atomic mass is 16.5. The van der Waals surface area contributed by atoms with Gasteiger partial charge in [0.05, 0.1) is 12.7 Å². The molecule has 0 radical (unpaired) electrons. The summed E-state index contributed by atoms with van der Waals surface area (Å²) in [6, 6.07) is 6.26. The summed E-state index contributed by atoms with van der Waals surface area (Å²) in [5.74, 6) is -0.402. The maximum Gasteiger partial charge on any atom is 0.337 e. The molecule has 2 amide bonds. The Morgan fingerprint density at radius 1 is 1.05 bits per heavy atom. The zero-order valence-corrected chi connectivity index (χ0v) is 12.0. The summed E-state index contributed by atoms with van der Waals surface area (Å²) in [5.41, 5.74) is 0.407. The van der Waals surface area contributed by atoms with Crippen LogP contribution in [-0.2, 0) is 14.3 Å². The van der Waals surface area contributed by atoms with E-state index in [4.69, 9.17) is 4.74 Å². The molecule has 1 aromatic rings. The lowest BCUT2D eigenvalue weighted by molar-refractivity contribution is -0.123. The smallest absolute Gasteiger partial charge is 0.337 e. The molecule has 0 aliphatic carbocycles. The van der Waals surface area contributed by atoms with Crippen LogP contribution < -0.4 is 15.4 Å². The summed E-state index contributed by atoms with van der Waals surface area (Å²) < 4.78 is 9.84. The van der Waals surface area contributed by atoms with Gasteiger partial charge in [-0.05, 0) is 24.3 Å². The second kappa shape index (κ2) is 8.57. The van der Waals surface area contributed by atoms with Gasteiger partial charge in [-0.3, -0.25) is 9.59 Å². The zero-order valence-electron chi connectivity index (χ0n) is 12.0. The van der Waals surface area contributed by atoms with Crippen LogP contribution in [0.1, 0.15) is 17.3 Å². The predicted molar refractivity (Wildman–Crippen MR) is 75.0 cm³/mol. The molecule has 1 rings (SSSR count). The first-order valence-electron chi connectivity index (χ1n) is 6.35. The van der Waals surface area contributed by atoms with E-state index in [1.807, 2.05) is 0 Å². The summed E-state index contributed by atoms with van der Waals surface area (Å²) in [4.78, 5) is 33.3. The summed E-state index contributed by atoms with van der Waals surface area (Å²) in [5, 5.41) is 5.15. The molecule has 0 heterocycles. The third kappa shape index (κ3) is 6.42. The molecule has 0 aliphatic rings. The monoisotopic (exact) mass is 294 g/mol. The van der Waals surface area contributed by atoms with Crippen molar-refractivity contribution in [3.05, 3.63) is 29.8 Å². The second-order valence-electron chi connectivity index (χ2n) is 4.14. The first kappa shape index (κ1) is 16.5. The largest absolute Gasteiger partial charge is 0.484 e. The molecule has 0 unspecified atom stereocenters. The van der Waals surface area contributed by atoms with Gasteiger partial charge < -0.3 is 20.1 Å². The van der Waals surface area contributed by atoms with Crippen LogP contribution in [-0.4, -0.2) is 44.6 Å². The Labute approximate surface area is 122 Å². The number of ether oxygens (including phenoxy) is 2. The number of amides is 2. The molecule has 0 saturated carbocycles. The van der Waals surface area contributed by atoms with Crippen LogP contribution >= 0.6 is 0 Å². The minimum atomic E-state index is -0.433. The van der Waals surface area contributed by atoms with Crippen LogP contribution in [0.5, 0.6) is 5.75 Å². The molecule has 0 saturated heterocycles. The minimum absolute atomic E-state index is 0.141. The van der Waals surface area contributed by atoms with Crippen molar-refractivity contribution in [1.82, 2.24) is 10.6 Å². The molecule has 21 heavy (non-hydrogen) atoms. The number of esters is 1. The molecule has 0 bridgehead atoms. The van der Waals surface area contributed by atoms with Crippen molar-refractivity contribution in [2.75, 3.05) is 26.8 Å². The molecule has 0 spiro atoms. The van der Waals surface area contributed by atoms with Crippen molar-refractivity contribution in [1.29, 1.82) is 0 Å². The van der Waals surface area contributed by atoms with Gasteiger partial charge in [-0.15, -0.1) is 0 Å². The van der Waals surface area contributed by atoms with Crippen molar-refractivity contribution in [3.8, 4) is 5.75 Å². The molecule has 1 aromatic carbocycles. The van der Waals surface area contributed by atoms with Crippen LogP contribution in [0.2, 0.25) is 0 Å². The summed E-state index contributed by atoms with van der Waals surface area (Å²) in [7, 11) is 1.30. The van der Waals surface area contributed by atoms with Gasteiger partial charge in [-0.1, -0.05) is 0 Å². The minimum Gasteiger partial charge on any atom is -0.484 e. The zero-order chi connectivity index (χ0) is 15.7. The lowest BCUT2D eigenvalue weighted by Crippen LogP contribution is -2.36. The van der Waals surface area contributed by atoms with E-state index < -0.39 is 5.97 Å². The average molecular weight is 294 g/mol. The van der Waals surface area contributed by atoms with Crippen LogP contribution in [0.25, 0.3) is 0 Å². The number of carbonyl (C=O) groups excluding carboxylic acids is 3. The Kier molecular flexibility index (Phi) is 6.73. The molecule has 0 fully saturated rings. The van der Waals surface area contributed by atoms with Gasteiger partial charge in [0.25, 0.3) is 5.91 Å². The average Bonchev–Trinajstić information content (AvgIpc) is 2.49. The van der Waals surface area contributed by atoms with E-state index in [-0.39, 0.29) is 18.4 Å². The van der Waals surface area contributed by atoms with Gasteiger partial charge in [-0.2, -0.15) is 0 Å². The standard InChI is InChI=1S/C14H18N2O5/c1-10(17)15-7-8-16-13(18)9-21-12-5-3-11(4-6-12)14(19)20-2/h3-6H,7-9H2,1-2H3,(H,15,17)(H,16,18). The van der Waals surface area contributed by atoms with E-state index in [0.29, 0.717) is 24.4 Å². The van der Waals surface area contributed by atoms with Gasteiger partial charge in [-0.25, -0.2) is 4.79 Å². The molecular weight excluding hydrogens is 276 g/mol. The lowest BCUT2D eigenvalue weighted by atomic mass is 10.2. The van der Waals surface area contributed by atoms with Gasteiger partial charge in [0.2, 0.25) is 5.91 Å². The van der Waals surface area contributed by atoms with Crippen molar-refractivity contribution in [2.45, 2.75) is 6.92 Å². The molecular formula is C14H18N2O5. The topological polar surface area (TPSA) is 93.7 Å². The van der Waals surface area contributed by atoms with Crippen molar-refractivity contribution in [3.63, 3.8) is 0 Å². The fourth-order valence-corrected chi connectivity index (χ4v) is 1.45. The molecule has 2 N–H and O–H groups in total. The fourth-order valence-electron chi connectivity index (χ4n) is 1.45. The Morgan fingerprint density at radius 3 is 2.24 bits per heavy atom. The van der Waals surface area contributed by atoms with Crippen molar-refractivity contribution in [2.24, 2.45) is 0 Å². The maximum absolute atomic E-state index is 11.5. The van der Waals surface area contributed by atoms with E-state index in [2.05, 4.69) is 15.4 Å². The molecule has 0 aliphatic heterocycles. The maximum atomic E-state index is 11.5. The molecule has 7 heteroatoms. The van der Waals surface area contributed by atoms with E-state index in [1.165, 1.54) is 14.0 Å². The molecule has 114 valence electrons. The first-order chi connectivity index (χ1) is 10.0.